The third-order valence-electron chi connectivity index (χ3n) is 2.88. The lowest BCUT2D eigenvalue weighted by molar-refractivity contribution is 0.185. The van der Waals surface area contributed by atoms with Crippen LogP contribution in [0.5, 0.6) is 0 Å². The summed E-state index contributed by atoms with van der Waals surface area (Å²) in [5, 5.41) is 13.2. The Balaban J connectivity index is 2.17. The fraction of sp³-hybridized carbons (Fsp3) is 0.188. The summed E-state index contributed by atoms with van der Waals surface area (Å²) in [7, 11) is 1.65. The summed E-state index contributed by atoms with van der Waals surface area (Å²) >= 11 is 5.85. The molecule has 0 aliphatic rings. The quantitative estimate of drug-likeness (QED) is 0.897. The minimum absolute atomic E-state index is 0.409. The van der Waals surface area contributed by atoms with Crippen molar-refractivity contribution in [3.05, 3.63) is 64.7 Å². The van der Waals surface area contributed by atoms with Gasteiger partial charge in [-0.15, -0.1) is 0 Å². The van der Waals surface area contributed by atoms with Gasteiger partial charge in [0.15, 0.2) is 0 Å². The lowest BCUT2D eigenvalue weighted by atomic mass is 10.0. The molecule has 1 unspecified atom stereocenters. The molecule has 0 bridgehead atoms. The smallest absolute Gasteiger partial charge is 0.140 e. The Bertz CT molecular complexity index is 605. The Hall–Kier alpha value is -2.02. The maximum absolute atomic E-state index is 9.35. The summed E-state index contributed by atoms with van der Waals surface area (Å²) in [6.45, 7) is 0.535. The second kappa shape index (κ2) is 6.95. The summed E-state index contributed by atoms with van der Waals surface area (Å²) in [4.78, 5) is 0. The van der Waals surface area contributed by atoms with Crippen LogP contribution in [0.3, 0.4) is 0 Å². The highest BCUT2D eigenvalue weighted by atomic mass is 35.5. The number of benzene rings is 2. The number of rotatable bonds is 5. The predicted octanol–water partition coefficient (Wildman–Crippen LogP) is 4.16. The molecule has 1 N–H and O–H groups in total. The van der Waals surface area contributed by atoms with Gasteiger partial charge < -0.3 is 10.1 Å². The molecule has 102 valence electrons. The van der Waals surface area contributed by atoms with Crippen molar-refractivity contribution in [2.24, 2.45) is 0 Å². The second-order valence-corrected chi connectivity index (χ2v) is 4.83. The van der Waals surface area contributed by atoms with Gasteiger partial charge >= 0.3 is 0 Å². The van der Waals surface area contributed by atoms with Crippen LogP contribution in [0.25, 0.3) is 0 Å². The van der Waals surface area contributed by atoms with Crippen LogP contribution in [0.1, 0.15) is 17.2 Å². The highest BCUT2D eigenvalue weighted by Gasteiger charge is 2.10. The van der Waals surface area contributed by atoms with Gasteiger partial charge in [0.05, 0.1) is 12.7 Å². The first-order valence-corrected chi connectivity index (χ1v) is 6.60. The fourth-order valence-corrected chi connectivity index (χ4v) is 2.06. The zero-order chi connectivity index (χ0) is 14.4. The molecular formula is C16H15ClN2O. The Kier molecular flexibility index (Phi) is 5.00. The number of hydrogen-bond donors (Lipinski definition) is 1. The minimum atomic E-state index is -0.409. The number of anilines is 1. The largest absolute Gasteiger partial charge is 0.380 e. The first-order valence-electron chi connectivity index (χ1n) is 6.22. The van der Waals surface area contributed by atoms with Crippen molar-refractivity contribution in [3.63, 3.8) is 0 Å². The van der Waals surface area contributed by atoms with Gasteiger partial charge in [-0.25, -0.2) is 0 Å². The van der Waals surface area contributed by atoms with Crippen LogP contribution in [-0.2, 0) is 11.3 Å². The molecule has 2 aromatic carbocycles. The molecule has 0 spiro atoms. The van der Waals surface area contributed by atoms with E-state index >= 15 is 0 Å². The molecule has 20 heavy (non-hydrogen) atoms. The maximum atomic E-state index is 9.35. The average Bonchev–Trinajstić information content (AvgIpc) is 2.47. The summed E-state index contributed by atoms with van der Waals surface area (Å²) in [6.07, 6.45) is 0. The van der Waals surface area contributed by atoms with E-state index in [-0.39, 0.29) is 0 Å². The molecule has 0 saturated carbocycles. The van der Waals surface area contributed by atoms with Crippen molar-refractivity contribution in [3.8, 4) is 6.07 Å². The molecule has 0 heterocycles. The topological polar surface area (TPSA) is 45.0 Å². The molecule has 0 fully saturated rings. The zero-order valence-corrected chi connectivity index (χ0v) is 11.9. The van der Waals surface area contributed by atoms with Gasteiger partial charge in [0.1, 0.15) is 6.04 Å². The second-order valence-electron chi connectivity index (χ2n) is 4.39. The number of methoxy groups -OCH3 is 1. The van der Waals surface area contributed by atoms with E-state index in [2.05, 4.69) is 11.4 Å². The van der Waals surface area contributed by atoms with Gasteiger partial charge in [0, 0.05) is 17.8 Å². The number of halogens is 1. The maximum Gasteiger partial charge on any atom is 0.140 e. The molecule has 1 atom stereocenters. The molecule has 2 rings (SSSR count). The van der Waals surface area contributed by atoms with Crippen molar-refractivity contribution >= 4 is 17.3 Å². The molecule has 0 saturated heterocycles. The zero-order valence-electron chi connectivity index (χ0n) is 11.1. The van der Waals surface area contributed by atoms with Crippen molar-refractivity contribution in [2.45, 2.75) is 12.6 Å². The summed E-state index contributed by atoms with van der Waals surface area (Å²) < 4.78 is 5.11. The van der Waals surface area contributed by atoms with Gasteiger partial charge in [-0.3, -0.25) is 0 Å². The molecule has 3 nitrogen and oxygen atoms in total. The lowest BCUT2D eigenvalue weighted by Gasteiger charge is -2.14. The highest BCUT2D eigenvalue weighted by molar-refractivity contribution is 6.30. The first kappa shape index (κ1) is 14.4. The normalized spacial score (nSPS) is 11.7. The van der Waals surface area contributed by atoms with Gasteiger partial charge in [0.25, 0.3) is 0 Å². The van der Waals surface area contributed by atoms with E-state index in [1.54, 1.807) is 19.2 Å². The number of nitriles is 1. The number of nitrogens with zero attached hydrogens (tertiary/aromatic N) is 1. The molecular weight excluding hydrogens is 272 g/mol. The molecule has 0 radical (unpaired) electrons. The Morgan fingerprint density at radius 2 is 2.00 bits per heavy atom. The predicted molar refractivity (Wildman–Crippen MR) is 80.6 cm³/mol. The fourth-order valence-electron chi connectivity index (χ4n) is 1.93. The van der Waals surface area contributed by atoms with Crippen molar-refractivity contribution < 1.29 is 4.74 Å². The SMILES string of the molecule is COCc1cccc(C(C#N)Nc2ccc(Cl)cc2)c1. The standard InChI is InChI=1S/C16H15ClN2O/c1-20-11-12-3-2-4-13(9-12)16(10-18)19-15-7-5-14(17)6-8-15/h2-9,16,19H,11H2,1H3. The van der Waals surface area contributed by atoms with Gasteiger partial charge in [-0.2, -0.15) is 5.26 Å². The average molecular weight is 287 g/mol. The Morgan fingerprint density at radius 1 is 1.25 bits per heavy atom. The summed E-state index contributed by atoms with van der Waals surface area (Å²) in [5.74, 6) is 0. The lowest BCUT2D eigenvalue weighted by Crippen LogP contribution is -2.08. The highest BCUT2D eigenvalue weighted by Crippen LogP contribution is 2.21. The monoisotopic (exact) mass is 286 g/mol. The van der Waals surface area contributed by atoms with Crippen LogP contribution in [0.15, 0.2) is 48.5 Å². The van der Waals surface area contributed by atoms with E-state index in [0.29, 0.717) is 11.6 Å². The third-order valence-corrected chi connectivity index (χ3v) is 3.13. The number of nitrogens with one attached hydrogen (secondary N) is 1. The van der Waals surface area contributed by atoms with Crippen LogP contribution < -0.4 is 5.32 Å². The summed E-state index contributed by atoms with van der Waals surface area (Å²) in [5.41, 5.74) is 2.82. The van der Waals surface area contributed by atoms with Gasteiger partial charge in [-0.05, 0) is 35.4 Å². The molecule has 2 aromatic rings. The minimum Gasteiger partial charge on any atom is -0.380 e. The van der Waals surface area contributed by atoms with Crippen LogP contribution in [0.4, 0.5) is 5.69 Å². The Labute approximate surface area is 123 Å². The molecule has 0 aliphatic heterocycles. The van der Waals surface area contributed by atoms with Crippen LogP contribution >= 0.6 is 11.6 Å². The van der Waals surface area contributed by atoms with E-state index in [0.717, 1.165) is 16.8 Å². The van der Waals surface area contributed by atoms with Gasteiger partial charge in [-0.1, -0.05) is 35.9 Å². The van der Waals surface area contributed by atoms with Crippen molar-refractivity contribution in [1.29, 1.82) is 5.26 Å². The Morgan fingerprint density at radius 3 is 2.65 bits per heavy atom. The number of ether oxygens (including phenoxy) is 1. The van der Waals surface area contributed by atoms with Crippen LogP contribution in [0, 0.1) is 11.3 Å². The third kappa shape index (κ3) is 3.74. The van der Waals surface area contributed by atoms with Crippen LogP contribution in [-0.4, -0.2) is 7.11 Å². The van der Waals surface area contributed by atoms with Crippen molar-refractivity contribution in [2.75, 3.05) is 12.4 Å². The number of hydrogen-bond acceptors (Lipinski definition) is 3. The molecule has 0 aliphatic carbocycles. The summed E-state index contributed by atoms with van der Waals surface area (Å²) in [6, 6.07) is 16.9. The van der Waals surface area contributed by atoms with Gasteiger partial charge in [0.2, 0.25) is 0 Å². The van der Waals surface area contributed by atoms with E-state index in [1.807, 2.05) is 36.4 Å². The van der Waals surface area contributed by atoms with E-state index in [4.69, 9.17) is 16.3 Å². The molecule has 0 amide bonds. The first-order chi connectivity index (χ1) is 9.72. The van der Waals surface area contributed by atoms with Crippen LogP contribution in [0.2, 0.25) is 5.02 Å². The van der Waals surface area contributed by atoms with E-state index in [9.17, 15) is 5.26 Å². The van der Waals surface area contributed by atoms with Crippen molar-refractivity contribution in [1.82, 2.24) is 0 Å². The van der Waals surface area contributed by atoms with E-state index < -0.39 is 6.04 Å². The van der Waals surface area contributed by atoms with E-state index in [1.165, 1.54) is 0 Å². The molecule has 4 heteroatoms. The molecule has 0 aromatic heterocycles.